The third-order valence-electron chi connectivity index (χ3n) is 10.4. The lowest BCUT2D eigenvalue weighted by Crippen LogP contribution is -2.45. The number of rotatable bonds is 0. The van der Waals surface area contributed by atoms with E-state index in [-0.39, 0.29) is 0 Å². The molecule has 2 saturated carbocycles. The van der Waals surface area contributed by atoms with Gasteiger partial charge in [0.25, 0.3) is 0 Å². The zero-order valence-corrected chi connectivity index (χ0v) is 19.4. The predicted molar refractivity (Wildman–Crippen MR) is 124 cm³/mol. The molecule has 160 valence electrons. The first kappa shape index (κ1) is 20.1. The van der Waals surface area contributed by atoms with Crippen molar-refractivity contribution in [2.45, 2.75) is 110 Å². The highest BCUT2D eigenvalue weighted by Crippen LogP contribution is 2.64. The molecule has 0 aliphatic heterocycles. The molecule has 0 nitrogen and oxygen atoms in total. The maximum Gasteiger partial charge on any atom is -0.0125 e. The van der Waals surface area contributed by atoms with E-state index in [9.17, 15) is 0 Å². The van der Waals surface area contributed by atoms with E-state index in [0.29, 0.717) is 5.41 Å². The van der Waals surface area contributed by atoms with Crippen LogP contribution in [0.25, 0.3) is 0 Å². The molecule has 1 aromatic rings. The smallest absolute Gasteiger partial charge is 0.0125 e. The molecule has 7 unspecified atom stereocenters. The molecule has 0 saturated heterocycles. The molecule has 1 aromatic carbocycles. The summed E-state index contributed by atoms with van der Waals surface area (Å²) in [6.45, 7) is 7.72. The molecule has 0 radical (unpaired) electrons. The van der Waals surface area contributed by atoms with Crippen LogP contribution >= 0.6 is 0 Å². The van der Waals surface area contributed by atoms with E-state index in [2.05, 4.69) is 39.0 Å². The minimum atomic E-state index is 0.633. The topological polar surface area (TPSA) is 0 Å². The largest absolute Gasteiger partial charge is 0.0625 e. The predicted octanol–water partition coefficient (Wildman–Crippen LogP) is 8.33. The highest BCUT2D eigenvalue weighted by atomic mass is 14.6. The molecule has 2 fully saturated rings. The van der Waals surface area contributed by atoms with Crippen LogP contribution in [-0.4, -0.2) is 0 Å². The summed E-state index contributed by atoms with van der Waals surface area (Å²) < 4.78 is 0. The quantitative estimate of drug-likeness (QED) is 0.416. The molecule has 4 aliphatic rings. The highest BCUT2D eigenvalue weighted by molar-refractivity contribution is 5.39. The Morgan fingerprint density at radius 1 is 0.862 bits per heavy atom. The van der Waals surface area contributed by atoms with Crippen LogP contribution in [0, 0.1) is 35.0 Å². The van der Waals surface area contributed by atoms with Crippen molar-refractivity contribution in [1.29, 1.82) is 0 Å². The summed E-state index contributed by atoms with van der Waals surface area (Å²) >= 11 is 0. The summed E-state index contributed by atoms with van der Waals surface area (Å²) in [5.41, 5.74) is 5.79. The van der Waals surface area contributed by atoms with Crippen molar-refractivity contribution in [1.82, 2.24) is 0 Å². The fourth-order valence-electron chi connectivity index (χ4n) is 8.35. The molecule has 29 heavy (non-hydrogen) atoms. The Morgan fingerprint density at radius 3 is 2.55 bits per heavy atom. The van der Waals surface area contributed by atoms with Crippen molar-refractivity contribution >= 4 is 0 Å². The number of benzene rings is 1. The molecule has 7 atom stereocenters. The Labute approximate surface area is 180 Å². The van der Waals surface area contributed by atoms with Crippen molar-refractivity contribution in [3.05, 3.63) is 34.9 Å². The van der Waals surface area contributed by atoms with Gasteiger partial charge in [-0.1, -0.05) is 71.1 Å². The molecule has 0 heterocycles. The summed E-state index contributed by atoms with van der Waals surface area (Å²) in [5, 5.41) is 0. The van der Waals surface area contributed by atoms with Gasteiger partial charge in [-0.25, -0.2) is 0 Å². The molecular formula is C29H44. The fourth-order valence-corrected chi connectivity index (χ4v) is 8.35. The molecule has 4 aliphatic carbocycles. The van der Waals surface area contributed by atoms with Crippen molar-refractivity contribution < 1.29 is 0 Å². The third kappa shape index (κ3) is 3.61. The maximum absolute atomic E-state index is 2.67. The fraction of sp³-hybridized carbons (Fsp3) is 0.793. The molecule has 5 rings (SSSR count). The van der Waals surface area contributed by atoms with Crippen LogP contribution in [-0.2, 0) is 12.8 Å². The Balaban J connectivity index is 1.49. The van der Waals surface area contributed by atoms with Gasteiger partial charge >= 0.3 is 0 Å². The van der Waals surface area contributed by atoms with Gasteiger partial charge in [-0.15, -0.1) is 0 Å². The van der Waals surface area contributed by atoms with E-state index in [0.717, 1.165) is 35.5 Å². The van der Waals surface area contributed by atoms with Crippen molar-refractivity contribution in [2.75, 3.05) is 0 Å². The SMILES string of the molecule is CC1CCCCCCC2Cc3cc(ccc3C3CCC4(C)C(C)CCC4C23)CC1. The summed E-state index contributed by atoms with van der Waals surface area (Å²) in [6, 6.07) is 7.76. The van der Waals surface area contributed by atoms with Crippen LogP contribution in [0.4, 0.5) is 0 Å². The number of hydrogen-bond acceptors (Lipinski definition) is 0. The lowest BCUT2D eigenvalue weighted by molar-refractivity contribution is 0.00272. The molecule has 3 bridgehead atoms. The molecule has 0 heteroatoms. The second kappa shape index (κ2) is 8.05. The second-order valence-electron chi connectivity index (χ2n) is 11.9. The number of fused-ring (bicyclic) bond motifs is 7. The Hall–Kier alpha value is -0.780. The first-order valence-electron chi connectivity index (χ1n) is 13.2. The van der Waals surface area contributed by atoms with Crippen LogP contribution in [0.1, 0.15) is 114 Å². The van der Waals surface area contributed by atoms with Gasteiger partial charge in [0.15, 0.2) is 0 Å². The van der Waals surface area contributed by atoms with E-state index in [1.165, 1.54) is 83.5 Å². The molecular weight excluding hydrogens is 348 g/mol. The lowest BCUT2D eigenvalue weighted by atomic mass is 9.51. The van der Waals surface area contributed by atoms with Crippen LogP contribution in [0.5, 0.6) is 0 Å². The monoisotopic (exact) mass is 392 g/mol. The van der Waals surface area contributed by atoms with E-state index < -0.39 is 0 Å². The summed E-state index contributed by atoms with van der Waals surface area (Å²) in [6.07, 6.45) is 18.8. The Kier molecular flexibility index (Phi) is 5.59. The molecule has 0 amide bonds. The maximum atomic E-state index is 2.67. The van der Waals surface area contributed by atoms with E-state index in [4.69, 9.17) is 0 Å². The van der Waals surface area contributed by atoms with E-state index in [1.807, 2.05) is 0 Å². The van der Waals surface area contributed by atoms with E-state index in [1.54, 1.807) is 16.7 Å². The van der Waals surface area contributed by atoms with Crippen LogP contribution < -0.4 is 0 Å². The second-order valence-corrected chi connectivity index (χ2v) is 11.9. The van der Waals surface area contributed by atoms with Gasteiger partial charge in [-0.2, -0.15) is 0 Å². The summed E-state index contributed by atoms with van der Waals surface area (Å²) in [7, 11) is 0. The van der Waals surface area contributed by atoms with Gasteiger partial charge in [-0.05, 0) is 109 Å². The van der Waals surface area contributed by atoms with Gasteiger partial charge in [-0.3, -0.25) is 0 Å². The minimum Gasteiger partial charge on any atom is -0.0625 e. The van der Waals surface area contributed by atoms with E-state index >= 15 is 0 Å². The van der Waals surface area contributed by atoms with Gasteiger partial charge in [0.1, 0.15) is 0 Å². The first-order chi connectivity index (χ1) is 14.1. The van der Waals surface area contributed by atoms with Gasteiger partial charge in [0.05, 0.1) is 0 Å². The Bertz CT molecular complexity index is 717. The van der Waals surface area contributed by atoms with Crippen LogP contribution in [0.15, 0.2) is 18.2 Å². The highest BCUT2D eigenvalue weighted by Gasteiger charge is 2.55. The van der Waals surface area contributed by atoms with Crippen molar-refractivity contribution in [2.24, 2.45) is 35.0 Å². The zero-order chi connectivity index (χ0) is 20.0. The van der Waals surface area contributed by atoms with Crippen LogP contribution in [0.2, 0.25) is 0 Å². The number of aryl methyl sites for hydroxylation is 1. The first-order valence-corrected chi connectivity index (χ1v) is 13.2. The third-order valence-corrected chi connectivity index (χ3v) is 10.4. The minimum absolute atomic E-state index is 0.633. The average molecular weight is 393 g/mol. The molecule has 0 N–H and O–H groups in total. The zero-order valence-electron chi connectivity index (χ0n) is 19.4. The van der Waals surface area contributed by atoms with Gasteiger partial charge in [0, 0.05) is 0 Å². The standard InChI is InChI=1S/C29H44/c1-20-8-6-4-5-7-9-23-19-24-18-22(12-10-20)13-14-25(24)26-16-17-29(3)21(2)11-15-27(29)28(23)26/h13-14,18,20-21,23,26-28H,4-12,15-17,19H2,1-3H3. The number of hydrogen-bond donors (Lipinski definition) is 0. The molecule has 0 spiro atoms. The summed E-state index contributed by atoms with van der Waals surface area (Å²) in [5.74, 6) is 5.63. The van der Waals surface area contributed by atoms with Gasteiger partial charge in [0.2, 0.25) is 0 Å². The molecule has 0 aromatic heterocycles. The van der Waals surface area contributed by atoms with Crippen LogP contribution in [0.3, 0.4) is 0 Å². The Morgan fingerprint density at radius 2 is 1.69 bits per heavy atom. The summed E-state index contributed by atoms with van der Waals surface area (Å²) in [4.78, 5) is 0. The lowest BCUT2D eigenvalue weighted by Gasteiger charge is -2.53. The normalized spacial score (nSPS) is 42.7. The van der Waals surface area contributed by atoms with Gasteiger partial charge < -0.3 is 0 Å². The van der Waals surface area contributed by atoms with Crippen molar-refractivity contribution in [3.8, 4) is 0 Å². The van der Waals surface area contributed by atoms with Crippen molar-refractivity contribution in [3.63, 3.8) is 0 Å². The average Bonchev–Trinajstić information content (AvgIpc) is 3.02.